The minimum absolute atomic E-state index is 0.0706. The smallest absolute Gasteiger partial charge is 0.260 e. The van der Waals surface area contributed by atoms with E-state index in [1.54, 1.807) is 0 Å². The number of benzene rings is 2. The van der Waals surface area contributed by atoms with Gasteiger partial charge >= 0.3 is 0 Å². The quantitative estimate of drug-likeness (QED) is 0.812. The van der Waals surface area contributed by atoms with E-state index >= 15 is 0 Å². The van der Waals surface area contributed by atoms with Crippen LogP contribution in [-0.4, -0.2) is 48.5 Å². The van der Waals surface area contributed by atoms with Gasteiger partial charge in [0, 0.05) is 32.7 Å². The lowest BCUT2D eigenvalue weighted by atomic mass is 10.2. The first kappa shape index (κ1) is 17.5. The lowest BCUT2D eigenvalue weighted by Crippen LogP contribution is -2.49. The molecule has 0 bridgehead atoms. The zero-order valence-electron chi connectivity index (χ0n) is 14.9. The van der Waals surface area contributed by atoms with Crippen molar-refractivity contribution in [1.29, 1.82) is 0 Å². The highest BCUT2D eigenvalue weighted by atomic mass is 16.5. The minimum atomic E-state index is 0.0706. The zero-order chi connectivity index (χ0) is 17.5. The molecule has 0 N–H and O–H groups in total. The molecule has 25 heavy (non-hydrogen) atoms. The highest BCUT2D eigenvalue weighted by molar-refractivity contribution is 5.77. The molecule has 1 heterocycles. The third-order valence-corrected chi connectivity index (χ3v) is 4.64. The summed E-state index contributed by atoms with van der Waals surface area (Å²) in [5, 5.41) is 0. The monoisotopic (exact) mass is 338 g/mol. The topological polar surface area (TPSA) is 32.8 Å². The van der Waals surface area contributed by atoms with Crippen LogP contribution in [0.25, 0.3) is 0 Å². The molecule has 0 aromatic heterocycles. The molecule has 2 aromatic rings. The second kappa shape index (κ2) is 8.67. The van der Waals surface area contributed by atoms with Crippen molar-refractivity contribution in [3.05, 3.63) is 65.7 Å². The van der Waals surface area contributed by atoms with Gasteiger partial charge in [0.05, 0.1) is 0 Å². The maximum Gasteiger partial charge on any atom is 0.260 e. The largest absolute Gasteiger partial charge is 0.484 e. The van der Waals surface area contributed by atoms with Gasteiger partial charge in [-0.15, -0.1) is 0 Å². The normalized spacial score (nSPS) is 15.2. The summed E-state index contributed by atoms with van der Waals surface area (Å²) in [6, 6.07) is 18.4. The summed E-state index contributed by atoms with van der Waals surface area (Å²) in [5.74, 6) is 0.844. The number of hydrogen-bond donors (Lipinski definition) is 0. The van der Waals surface area contributed by atoms with Gasteiger partial charge in [0.15, 0.2) is 6.61 Å². The van der Waals surface area contributed by atoms with E-state index in [0.29, 0.717) is 0 Å². The second-order valence-electron chi connectivity index (χ2n) is 6.43. The summed E-state index contributed by atoms with van der Waals surface area (Å²) in [5.41, 5.74) is 2.54. The average Bonchev–Trinajstić information content (AvgIpc) is 2.67. The number of ether oxygens (including phenoxy) is 1. The highest BCUT2D eigenvalue weighted by Gasteiger charge is 2.21. The fraction of sp³-hybridized carbons (Fsp3) is 0.381. The van der Waals surface area contributed by atoms with Gasteiger partial charge in [-0.25, -0.2) is 0 Å². The van der Waals surface area contributed by atoms with Crippen molar-refractivity contribution in [3.63, 3.8) is 0 Å². The fourth-order valence-corrected chi connectivity index (χ4v) is 3.09. The number of carbonyl (C=O) groups is 1. The van der Waals surface area contributed by atoms with Crippen molar-refractivity contribution < 1.29 is 9.53 Å². The van der Waals surface area contributed by atoms with Crippen molar-refractivity contribution in [2.75, 3.05) is 32.8 Å². The van der Waals surface area contributed by atoms with E-state index in [-0.39, 0.29) is 12.5 Å². The van der Waals surface area contributed by atoms with Crippen LogP contribution in [0.1, 0.15) is 18.1 Å². The summed E-state index contributed by atoms with van der Waals surface area (Å²) in [7, 11) is 0. The maximum absolute atomic E-state index is 12.4. The van der Waals surface area contributed by atoms with Crippen LogP contribution < -0.4 is 4.74 Å². The van der Waals surface area contributed by atoms with Crippen molar-refractivity contribution >= 4 is 5.91 Å². The van der Waals surface area contributed by atoms with Crippen molar-refractivity contribution in [2.45, 2.75) is 19.9 Å². The molecule has 3 rings (SSSR count). The van der Waals surface area contributed by atoms with Crippen LogP contribution in [0.4, 0.5) is 0 Å². The van der Waals surface area contributed by atoms with Gasteiger partial charge in [0.1, 0.15) is 5.75 Å². The van der Waals surface area contributed by atoms with Crippen LogP contribution in [0.15, 0.2) is 54.6 Å². The summed E-state index contributed by atoms with van der Waals surface area (Å²) in [6.07, 6.45) is 0.967. The molecule has 0 saturated carbocycles. The molecular formula is C21H26N2O2. The van der Waals surface area contributed by atoms with E-state index in [9.17, 15) is 4.79 Å². The molecule has 2 aromatic carbocycles. The number of carbonyl (C=O) groups excluding carboxylic acids is 1. The Morgan fingerprint density at radius 1 is 0.960 bits per heavy atom. The molecule has 1 aliphatic rings. The third kappa shape index (κ3) is 5.07. The minimum Gasteiger partial charge on any atom is -0.484 e. The average molecular weight is 338 g/mol. The van der Waals surface area contributed by atoms with Gasteiger partial charge < -0.3 is 9.64 Å². The van der Waals surface area contributed by atoms with Gasteiger partial charge in [0.25, 0.3) is 5.91 Å². The van der Waals surface area contributed by atoms with Gasteiger partial charge in [-0.3, -0.25) is 9.69 Å². The fourth-order valence-electron chi connectivity index (χ4n) is 3.09. The number of rotatable bonds is 6. The van der Waals surface area contributed by atoms with E-state index in [4.69, 9.17) is 4.74 Å². The Morgan fingerprint density at radius 3 is 2.40 bits per heavy atom. The molecule has 0 radical (unpaired) electrons. The Labute approximate surface area is 150 Å². The highest BCUT2D eigenvalue weighted by Crippen LogP contribution is 2.14. The SMILES string of the molecule is CCc1cccc(OCC(=O)N2CCN(Cc3ccccc3)CC2)c1. The lowest BCUT2D eigenvalue weighted by molar-refractivity contribution is -0.135. The summed E-state index contributed by atoms with van der Waals surface area (Å²) >= 11 is 0. The van der Waals surface area contributed by atoms with E-state index in [2.05, 4.69) is 42.2 Å². The molecular weight excluding hydrogens is 312 g/mol. The number of nitrogens with zero attached hydrogens (tertiary/aromatic N) is 2. The Morgan fingerprint density at radius 2 is 1.68 bits per heavy atom. The van der Waals surface area contributed by atoms with Crippen molar-refractivity contribution in [3.8, 4) is 5.75 Å². The molecule has 4 heteroatoms. The standard InChI is InChI=1S/C21H26N2O2/c1-2-18-9-6-10-20(15-18)25-17-21(24)23-13-11-22(12-14-23)16-19-7-4-3-5-8-19/h3-10,15H,2,11-14,16-17H2,1H3. The number of piperazine rings is 1. The van der Waals surface area contributed by atoms with Crippen LogP contribution >= 0.6 is 0 Å². The van der Waals surface area contributed by atoms with Crippen LogP contribution in [0.3, 0.4) is 0 Å². The molecule has 0 unspecified atom stereocenters. The number of amides is 1. The molecule has 132 valence electrons. The predicted octanol–water partition coefficient (Wildman–Crippen LogP) is 2.97. The number of aryl methyl sites for hydroxylation is 1. The number of hydrogen-bond acceptors (Lipinski definition) is 3. The second-order valence-corrected chi connectivity index (χ2v) is 6.43. The van der Waals surface area contributed by atoms with Crippen molar-refractivity contribution in [2.24, 2.45) is 0 Å². The van der Waals surface area contributed by atoms with Crippen LogP contribution in [-0.2, 0) is 17.8 Å². The molecule has 1 aliphatic heterocycles. The Bertz CT molecular complexity index is 679. The Kier molecular flexibility index (Phi) is 6.07. The molecule has 0 atom stereocenters. The van der Waals surface area contributed by atoms with E-state index < -0.39 is 0 Å². The molecule has 1 saturated heterocycles. The molecule has 4 nitrogen and oxygen atoms in total. The maximum atomic E-state index is 12.4. The van der Waals surface area contributed by atoms with E-state index in [1.807, 2.05) is 29.2 Å². The lowest BCUT2D eigenvalue weighted by Gasteiger charge is -2.34. The molecule has 0 spiro atoms. The van der Waals surface area contributed by atoms with Crippen LogP contribution in [0.2, 0.25) is 0 Å². The van der Waals surface area contributed by atoms with Crippen LogP contribution in [0.5, 0.6) is 5.75 Å². The van der Waals surface area contributed by atoms with E-state index in [0.717, 1.165) is 44.9 Å². The van der Waals surface area contributed by atoms with Gasteiger partial charge in [-0.05, 0) is 29.7 Å². The van der Waals surface area contributed by atoms with Gasteiger partial charge in [-0.2, -0.15) is 0 Å². The first-order valence-electron chi connectivity index (χ1n) is 9.00. The summed E-state index contributed by atoms with van der Waals surface area (Å²) in [6.45, 7) is 6.53. The van der Waals surface area contributed by atoms with E-state index in [1.165, 1.54) is 11.1 Å². The molecule has 0 aliphatic carbocycles. The molecule has 1 fully saturated rings. The first-order valence-corrected chi connectivity index (χ1v) is 9.00. The first-order chi connectivity index (χ1) is 12.2. The van der Waals surface area contributed by atoms with Gasteiger partial charge in [-0.1, -0.05) is 49.4 Å². The predicted molar refractivity (Wildman–Crippen MR) is 99.6 cm³/mol. The van der Waals surface area contributed by atoms with Gasteiger partial charge in [0.2, 0.25) is 0 Å². The summed E-state index contributed by atoms with van der Waals surface area (Å²) < 4.78 is 5.68. The Hall–Kier alpha value is -2.33. The third-order valence-electron chi connectivity index (χ3n) is 4.64. The molecule has 1 amide bonds. The van der Waals surface area contributed by atoms with Crippen molar-refractivity contribution in [1.82, 2.24) is 9.80 Å². The van der Waals surface area contributed by atoms with Crippen LogP contribution in [0, 0.1) is 0 Å². The zero-order valence-corrected chi connectivity index (χ0v) is 14.9. The Balaban J connectivity index is 1.43. The summed E-state index contributed by atoms with van der Waals surface area (Å²) in [4.78, 5) is 16.7.